The van der Waals surface area contributed by atoms with Crippen LogP contribution in [-0.2, 0) is 9.59 Å². The van der Waals surface area contributed by atoms with Crippen molar-refractivity contribution in [2.75, 3.05) is 0 Å². The highest BCUT2D eigenvalue weighted by atomic mass is 32.2. The number of Topliss-reactive ketones (excluding diaryl/α,β-unsaturated/α-hetero) is 2. The maximum Gasteiger partial charge on any atom is 0.142 e. The summed E-state index contributed by atoms with van der Waals surface area (Å²) in [6, 6.07) is -0.401. The van der Waals surface area contributed by atoms with Crippen molar-refractivity contribution in [1.29, 1.82) is 0 Å². The Bertz CT molecular complexity index is 575. The highest BCUT2D eigenvalue weighted by molar-refractivity contribution is 8.00. The van der Waals surface area contributed by atoms with Gasteiger partial charge >= 0.3 is 0 Å². The zero-order chi connectivity index (χ0) is 19.1. The smallest absolute Gasteiger partial charge is 0.142 e. The maximum atomic E-state index is 13.3. The minimum absolute atomic E-state index is 0.0701. The van der Waals surface area contributed by atoms with E-state index in [9.17, 15) is 9.59 Å². The minimum Gasteiger partial charge on any atom is -0.327 e. The summed E-state index contributed by atoms with van der Waals surface area (Å²) in [6.45, 7) is 2.29. The molecule has 4 aliphatic carbocycles. The van der Waals surface area contributed by atoms with Crippen LogP contribution in [0.5, 0.6) is 0 Å². The number of thioether (sulfide) groups is 1. The fourth-order valence-electron chi connectivity index (χ4n) is 6.44. The summed E-state index contributed by atoms with van der Waals surface area (Å²) in [6.07, 6.45) is 11.1. The topological polar surface area (TPSA) is 86.2 Å². The molecule has 7 unspecified atom stereocenters. The number of carbonyl (C=O) groups excluding carboxylic acids is 2. The Hall–Kier alpha value is -0.390. The van der Waals surface area contributed by atoms with Crippen LogP contribution < -0.4 is 11.5 Å². The molecule has 0 spiro atoms. The van der Waals surface area contributed by atoms with Gasteiger partial charge in [-0.1, -0.05) is 26.2 Å². The standard InChI is InChI=1S/C22H36N2O2S/c1-2-12-7-9-13(10-8-12)27-17-11-16(23)18-19(20(17)24)22(26)15-6-4-3-5-14(15)21(18)25/h12-20H,2-11,23-24H2,1H3. The van der Waals surface area contributed by atoms with Gasteiger partial charge in [0.25, 0.3) is 0 Å². The third kappa shape index (κ3) is 3.64. The number of hydrogen-bond donors (Lipinski definition) is 2. The van der Waals surface area contributed by atoms with E-state index in [4.69, 9.17) is 11.5 Å². The molecule has 4 saturated carbocycles. The molecule has 7 atom stereocenters. The Labute approximate surface area is 168 Å². The van der Waals surface area contributed by atoms with Crippen LogP contribution in [0.1, 0.15) is 71.1 Å². The van der Waals surface area contributed by atoms with Gasteiger partial charge in [0.1, 0.15) is 11.6 Å². The SMILES string of the molecule is CCC1CCC(SC2CC(N)C3C(=O)C4CCCCC4C(=O)C3C2N)CC1. The predicted molar refractivity (Wildman–Crippen MR) is 110 cm³/mol. The van der Waals surface area contributed by atoms with E-state index < -0.39 is 0 Å². The maximum absolute atomic E-state index is 13.3. The predicted octanol–water partition coefficient (Wildman–Crippen LogP) is 3.31. The molecule has 4 fully saturated rings. The molecule has 4 rings (SSSR count). The van der Waals surface area contributed by atoms with Crippen LogP contribution in [0.25, 0.3) is 0 Å². The summed E-state index contributed by atoms with van der Waals surface area (Å²) in [4.78, 5) is 26.5. The highest BCUT2D eigenvalue weighted by Crippen LogP contribution is 2.48. The summed E-state index contributed by atoms with van der Waals surface area (Å²) in [5.41, 5.74) is 13.2. The number of fused-ring (bicyclic) bond motifs is 2. The molecule has 27 heavy (non-hydrogen) atoms. The molecule has 4 aliphatic rings. The molecule has 0 amide bonds. The highest BCUT2D eigenvalue weighted by Gasteiger charge is 2.57. The second-order valence-corrected chi connectivity index (χ2v) is 11.1. The van der Waals surface area contributed by atoms with Gasteiger partial charge in [-0.3, -0.25) is 9.59 Å². The number of carbonyl (C=O) groups is 2. The van der Waals surface area contributed by atoms with Gasteiger partial charge in [0, 0.05) is 46.3 Å². The van der Waals surface area contributed by atoms with Crippen LogP contribution in [0.15, 0.2) is 0 Å². The molecule has 0 aromatic carbocycles. The zero-order valence-corrected chi connectivity index (χ0v) is 17.5. The van der Waals surface area contributed by atoms with Gasteiger partial charge in [0.15, 0.2) is 0 Å². The molecule has 0 bridgehead atoms. The minimum atomic E-state index is -0.329. The normalized spacial score (nSPS) is 48.0. The van der Waals surface area contributed by atoms with Crippen molar-refractivity contribution in [3.8, 4) is 0 Å². The summed E-state index contributed by atoms with van der Waals surface area (Å²) < 4.78 is 0. The van der Waals surface area contributed by atoms with Gasteiger partial charge in [-0.15, -0.1) is 0 Å². The van der Waals surface area contributed by atoms with Crippen LogP contribution in [0.4, 0.5) is 0 Å². The Morgan fingerprint density at radius 2 is 1.48 bits per heavy atom. The van der Waals surface area contributed by atoms with Crippen molar-refractivity contribution >= 4 is 23.3 Å². The van der Waals surface area contributed by atoms with Crippen molar-refractivity contribution in [3.05, 3.63) is 0 Å². The van der Waals surface area contributed by atoms with Gasteiger partial charge in [0.2, 0.25) is 0 Å². The first-order valence-corrected chi connectivity index (χ1v) is 12.2. The molecule has 4 nitrogen and oxygen atoms in total. The van der Waals surface area contributed by atoms with E-state index in [-0.39, 0.29) is 52.6 Å². The fraction of sp³-hybridized carbons (Fsp3) is 0.909. The molecule has 0 heterocycles. The fourth-order valence-corrected chi connectivity index (χ4v) is 8.16. The van der Waals surface area contributed by atoms with Gasteiger partial charge in [-0.05, 0) is 50.9 Å². The van der Waals surface area contributed by atoms with Crippen molar-refractivity contribution in [2.24, 2.45) is 41.1 Å². The lowest BCUT2D eigenvalue weighted by Crippen LogP contribution is -2.65. The van der Waals surface area contributed by atoms with Crippen LogP contribution in [0.2, 0.25) is 0 Å². The molecule has 0 radical (unpaired) electrons. The molecule has 5 heteroatoms. The summed E-state index contributed by atoms with van der Waals surface area (Å²) >= 11 is 1.99. The molecule has 152 valence electrons. The van der Waals surface area contributed by atoms with Crippen LogP contribution in [-0.4, -0.2) is 34.2 Å². The van der Waals surface area contributed by atoms with E-state index in [0.29, 0.717) is 5.25 Å². The molecule has 0 aromatic heterocycles. The van der Waals surface area contributed by atoms with Crippen LogP contribution >= 0.6 is 11.8 Å². The van der Waals surface area contributed by atoms with E-state index in [2.05, 4.69) is 6.92 Å². The third-order valence-corrected chi connectivity index (χ3v) is 9.80. The van der Waals surface area contributed by atoms with Gasteiger partial charge in [-0.2, -0.15) is 11.8 Å². The van der Waals surface area contributed by atoms with Crippen molar-refractivity contribution in [1.82, 2.24) is 0 Å². The summed E-state index contributed by atoms with van der Waals surface area (Å²) in [5.74, 6) is 0.624. The Morgan fingerprint density at radius 3 is 2.07 bits per heavy atom. The number of rotatable bonds is 3. The third-order valence-electron chi connectivity index (χ3n) is 8.09. The van der Waals surface area contributed by atoms with Gasteiger partial charge in [-0.25, -0.2) is 0 Å². The zero-order valence-electron chi connectivity index (χ0n) is 16.6. The van der Waals surface area contributed by atoms with E-state index in [1.165, 1.54) is 32.1 Å². The average molecular weight is 393 g/mol. The lowest BCUT2D eigenvalue weighted by molar-refractivity contribution is -0.152. The lowest BCUT2D eigenvalue weighted by Gasteiger charge is -2.50. The van der Waals surface area contributed by atoms with E-state index in [0.717, 1.165) is 38.0 Å². The van der Waals surface area contributed by atoms with Gasteiger partial charge < -0.3 is 11.5 Å². The quantitative estimate of drug-likeness (QED) is 0.769. The van der Waals surface area contributed by atoms with E-state index in [1.54, 1.807) is 0 Å². The first-order chi connectivity index (χ1) is 13.0. The molecule has 4 N–H and O–H groups in total. The number of nitrogens with two attached hydrogens (primary N) is 2. The largest absolute Gasteiger partial charge is 0.327 e. The molecule has 0 saturated heterocycles. The van der Waals surface area contributed by atoms with Gasteiger partial charge in [0.05, 0.1) is 0 Å². The Balaban J connectivity index is 1.48. The van der Waals surface area contributed by atoms with Crippen molar-refractivity contribution in [3.63, 3.8) is 0 Å². The number of ketones is 2. The summed E-state index contributed by atoms with van der Waals surface area (Å²) in [5, 5.41) is 0.866. The Morgan fingerprint density at radius 1 is 0.889 bits per heavy atom. The summed E-state index contributed by atoms with van der Waals surface area (Å²) in [7, 11) is 0. The second-order valence-electron chi connectivity index (χ2n) is 9.56. The van der Waals surface area contributed by atoms with E-state index in [1.807, 2.05) is 11.8 Å². The van der Waals surface area contributed by atoms with Crippen molar-refractivity contribution in [2.45, 2.75) is 93.7 Å². The number of hydrogen-bond acceptors (Lipinski definition) is 5. The molecular formula is C22H36N2O2S. The monoisotopic (exact) mass is 392 g/mol. The first-order valence-electron chi connectivity index (χ1n) is 11.2. The first kappa shape index (κ1) is 19.9. The molecular weight excluding hydrogens is 356 g/mol. The van der Waals surface area contributed by atoms with E-state index >= 15 is 0 Å². The van der Waals surface area contributed by atoms with Crippen LogP contribution in [0.3, 0.4) is 0 Å². The average Bonchev–Trinajstić information content (AvgIpc) is 2.69. The van der Waals surface area contributed by atoms with Crippen LogP contribution in [0, 0.1) is 29.6 Å². The molecule has 0 aliphatic heterocycles. The Kier molecular flexibility index (Phi) is 6.01. The lowest BCUT2D eigenvalue weighted by atomic mass is 9.56. The molecule has 0 aromatic rings. The second kappa shape index (κ2) is 8.16. The van der Waals surface area contributed by atoms with Crippen molar-refractivity contribution < 1.29 is 9.59 Å².